The molecule has 0 radical (unpaired) electrons. The molecule has 2 aromatic rings. The van der Waals surface area contributed by atoms with E-state index in [-0.39, 0.29) is 16.6 Å². The van der Waals surface area contributed by atoms with Gasteiger partial charge in [0.15, 0.2) is 28.4 Å². The van der Waals surface area contributed by atoms with Crippen LogP contribution < -0.4 is 5.32 Å². The maximum atomic E-state index is 12.5. The molecule has 3 rings (SSSR count). The van der Waals surface area contributed by atoms with Crippen molar-refractivity contribution < 1.29 is 33.2 Å². The standard InChI is InChI=1S/C16H22F3N5O4S2/c1-29-5-3-20-12-9-13(23-15(22-12)30-4-2-16(17,18)19)24(7-21-9)14-11(27)10(26)8(6-25)28-14/h7-8,10-11,14,25-27H,2-6H2,1H3,(H,20,22,23)/t8?,10-,11-,14?/m0/s1. The lowest BCUT2D eigenvalue weighted by Gasteiger charge is -2.17. The van der Waals surface area contributed by atoms with Gasteiger partial charge in [-0.05, 0) is 6.26 Å². The van der Waals surface area contributed by atoms with Gasteiger partial charge >= 0.3 is 6.18 Å². The van der Waals surface area contributed by atoms with Crippen LogP contribution in [0, 0.1) is 0 Å². The Labute approximate surface area is 178 Å². The minimum Gasteiger partial charge on any atom is -0.394 e. The van der Waals surface area contributed by atoms with Crippen LogP contribution in [0.3, 0.4) is 0 Å². The molecule has 4 N–H and O–H groups in total. The van der Waals surface area contributed by atoms with E-state index in [0.717, 1.165) is 17.5 Å². The number of aliphatic hydroxyl groups is 3. The predicted octanol–water partition coefficient (Wildman–Crippen LogP) is 1.26. The first kappa shape index (κ1) is 23.3. The Morgan fingerprint density at radius 2 is 2.00 bits per heavy atom. The van der Waals surface area contributed by atoms with E-state index < -0.39 is 43.7 Å². The van der Waals surface area contributed by atoms with Crippen molar-refractivity contribution in [2.45, 2.75) is 42.3 Å². The molecule has 2 aromatic heterocycles. The van der Waals surface area contributed by atoms with Crippen LogP contribution in [0.1, 0.15) is 12.6 Å². The van der Waals surface area contributed by atoms with Crippen molar-refractivity contribution in [1.82, 2.24) is 19.5 Å². The van der Waals surface area contributed by atoms with Gasteiger partial charge in [-0.1, -0.05) is 11.8 Å². The zero-order chi connectivity index (χ0) is 21.9. The number of hydrogen-bond donors (Lipinski definition) is 4. The van der Waals surface area contributed by atoms with Gasteiger partial charge in [-0.25, -0.2) is 15.0 Å². The van der Waals surface area contributed by atoms with Crippen molar-refractivity contribution in [1.29, 1.82) is 0 Å². The Morgan fingerprint density at radius 3 is 2.63 bits per heavy atom. The number of nitrogens with zero attached hydrogens (tertiary/aromatic N) is 4. The molecule has 30 heavy (non-hydrogen) atoms. The van der Waals surface area contributed by atoms with Gasteiger partial charge < -0.3 is 25.4 Å². The van der Waals surface area contributed by atoms with Crippen LogP contribution in [-0.4, -0.2) is 90.2 Å². The molecule has 1 aliphatic heterocycles. The number of rotatable bonds is 9. The molecular weight excluding hydrogens is 447 g/mol. The molecule has 1 aliphatic rings. The van der Waals surface area contributed by atoms with Gasteiger partial charge in [-0.3, -0.25) is 4.57 Å². The molecule has 168 valence electrons. The van der Waals surface area contributed by atoms with Crippen LogP contribution in [0.25, 0.3) is 11.2 Å². The summed E-state index contributed by atoms with van der Waals surface area (Å²) in [7, 11) is 0. The number of hydrogen-bond acceptors (Lipinski definition) is 10. The molecule has 3 heterocycles. The Morgan fingerprint density at radius 1 is 1.23 bits per heavy atom. The maximum Gasteiger partial charge on any atom is 0.389 e. The van der Waals surface area contributed by atoms with E-state index in [1.54, 1.807) is 11.8 Å². The highest BCUT2D eigenvalue weighted by atomic mass is 32.2. The summed E-state index contributed by atoms with van der Waals surface area (Å²) in [5.41, 5.74) is 0.593. The Balaban J connectivity index is 1.93. The number of aliphatic hydroxyl groups excluding tert-OH is 3. The lowest BCUT2D eigenvalue weighted by atomic mass is 10.1. The highest BCUT2D eigenvalue weighted by molar-refractivity contribution is 7.99. The number of ether oxygens (including phenoxy) is 1. The SMILES string of the molecule is CSCCNc1nc(SCCC(F)(F)F)nc2c1ncn2C1OC(CO)[C@H](O)[C@@H]1O. The van der Waals surface area contributed by atoms with Crippen LogP contribution in [0.2, 0.25) is 0 Å². The van der Waals surface area contributed by atoms with E-state index in [0.29, 0.717) is 17.9 Å². The fraction of sp³-hybridized carbons (Fsp3) is 0.688. The van der Waals surface area contributed by atoms with Crippen LogP contribution >= 0.6 is 23.5 Å². The van der Waals surface area contributed by atoms with Crippen LogP contribution in [0.5, 0.6) is 0 Å². The van der Waals surface area contributed by atoms with E-state index in [9.17, 15) is 28.5 Å². The molecule has 9 nitrogen and oxygen atoms in total. The molecule has 0 spiro atoms. The molecule has 0 saturated carbocycles. The molecule has 1 fully saturated rings. The number of halogens is 3. The molecule has 0 aromatic carbocycles. The maximum absolute atomic E-state index is 12.5. The number of imidazole rings is 1. The first-order chi connectivity index (χ1) is 14.2. The zero-order valence-corrected chi connectivity index (χ0v) is 17.5. The van der Waals surface area contributed by atoms with Gasteiger partial charge in [-0.15, -0.1) is 0 Å². The van der Waals surface area contributed by atoms with Crippen LogP contribution in [0.15, 0.2) is 11.5 Å². The number of thioether (sulfide) groups is 2. The van der Waals surface area contributed by atoms with Gasteiger partial charge in [0.2, 0.25) is 0 Å². The largest absolute Gasteiger partial charge is 0.394 e. The highest BCUT2D eigenvalue weighted by Gasteiger charge is 2.44. The second kappa shape index (κ2) is 9.87. The number of alkyl halides is 3. The summed E-state index contributed by atoms with van der Waals surface area (Å²) in [6, 6.07) is 0. The molecule has 14 heteroatoms. The van der Waals surface area contributed by atoms with Gasteiger partial charge in [0.05, 0.1) is 19.4 Å². The molecule has 0 bridgehead atoms. The number of anilines is 1. The minimum absolute atomic E-state index is 0.117. The van der Waals surface area contributed by atoms with Gasteiger partial charge in [0.1, 0.15) is 18.3 Å². The van der Waals surface area contributed by atoms with Gasteiger partial charge in [0, 0.05) is 18.1 Å². The topological polar surface area (TPSA) is 126 Å². The van der Waals surface area contributed by atoms with Crippen molar-refractivity contribution in [2.75, 3.05) is 36.2 Å². The summed E-state index contributed by atoms with van der Waals surface area (Å²) in [4.78, 5) is 12.9. The second-order valence-corrected chi connectivity index (χ2v) is 8.59. The summed E-state index contributed by atoms with van der Waals surface area (Å²) in [6.45, 7) is 0.0665. The molecular formula is C16H22F3N5O4S2. The van der Waals surface area contributed by atoms with Gasteiger partial charge in [0.25, 0.3) is 0 Å². The lowest BCUT2D eigenvalue weighted by Crippen LogP contribution is -2.33. The van der Waals surface area contributed by atoms with Crippen molar-refractivity contribution >= 4 is 40.5 Å². The Bertz CT molecular complexity index is 856. The third-order valence-electron chi connectivity index (χ3n) is 4.41. The third-order valence-corrected chi connectivity index (χ3v) is 5.87. The smallest absolute Gasteiger partial charge is 0.389 e. The predicted molar refractivity (Wildman–Crippen MR) is 107 cm³/mol. The summed E-state index contributed by atoms with van der Waals surface area (Å²) in [5, 5.41) is 32.8. The van der Waals surface area contributed by atoms with Crippen molar-refractivity contribution in [3.63, 3.8) is 0 Å². The Kier molecular flexibility index (Phi) is 7.68. The van der Waals surface area contributed by atoms with Crippen LogP contribution in [0.4, 0.5) is 19.0 Å². The minimum atomic E-state index is -4.28. The normalized spacial score (nSPS) is 24.6. The fourth-order valence-electron chi connectivity index (χ4n) is 2.91. The lowest BCUT2D eigenvalue weighted by molar-refractivity contribution is -0.129. The summed E-state index contributed by atoms with van der Waals surface area (Å²) >= 11 is 2.46. The zero-order valence-electron chi connectivity index (χ0n) is 15.9. The van der Waals surface area contributed by atoms with Crippen molar-refractivity contribution in [3.8, 4) is 0 Å². The average Bonchev–Trinajstić information content (AvgIpc) is 3.22. The first-order valence-corrected chi connectivity index (χ1v) is 11.4. The van der Waals surface area contributed by atoms with E-state index >= 15 is 0 Å². The van der Waals surface area contributed by atoms with E-state index in [2.05, 4.69) is 20.3 Å². The summed E-state index contributed by atoms with van der Waals surface area (Å²) in [6.07, 6.45) is -6.68. The van der Waals surface area contributed by atoms with Crippen LogP contribution in [-0.2, 0) is 4.74 Å². The number of fused-ring (bicyclic) bond motifs is 1. The highest BCUT2D eigenvalue weighted by Crippen LogP contribution is 2.33. The average molecular weight is 470 g/mol. The molecule has 0 amide bonds. The number of aromatic nitrogens is 4. The quantitative estimate of drug-likeness (QED) is 0.242. The monoisotopic (exact) mass is 469 g/mol. The number of nitrogens with one attached hydrogen (secondary N) is 1. The summed E-state index contributed by atoms with van der Waals surface area (Å²) < 4.78 is 44.4. The fourth-order valence-corrected chi connectivity index (χ4v) is 4.04. The van der Waals surface area contributed by atoms with Crippen molar-refractivity contribution in [3.05, 3.63) is 6.33 Å². The molecule has 2 unspecified atom stereocenters. The van der Waals surface area contributed by atoms with Gasteiger partial charge in [-0.2, -0.15) is 24.9 Å². The molecule has 0 aliphatic carbocycles. The second-order valence-electron chi connectivity index (χ2n) is 6.54. The molecule has 1 saturated heterocycles. The van der Waals surface area contributed by atoms with E-state index in [1.165, 1.54) is 10.9 Å². The third kappa shape index (κ3) is 5.29. The molecule has 4 atom stereocenters. The Hall–Kier alpha value is -1.32. The van der Waals surface area contributed by atoms with E-state index in [4.69, 9.17) is 4.74 Å². The van der Waals surface area contributed by atoms with Crippen molar-refractivity contribution in [2.24, 2.45) is 0 Å². The summed E-state index contributed by atoms with van der Waals surface area (Å²) in [5.74, 6) is 0.882. The van der Waals surface area contributed by atoms with E-state index in [1.807, 2.05) is 6.26 Å². The first-order valence-electron chi connectivity index (χ1n) is 9.04.